The second-order valence-electron chi connectivity index (χ2n) is 6.48. The molecule has 1 fully saturated rings. The molecule has 3 atom stereocenters. The van der Waals surface area contributed by atoms with Crippen LogP contribution in [-0.2, 0) is 19.1 Å². The molecule has 7 heteroatoms. The van der Waals surface area contributed by atoms with Crippen molar-refractivity contribution in [3.8, 4) is 0 Å². The van der Waals surface area contributed by atoms with Crippen molar-refractivity contribution in [1.29, 1.82) is 0 Å². The molecule has 0 aliphatic carbocycles. The lowest BCUT2D eigenvalue weighted by Gasteiger charge is -2.20. The Morgan fingerprint density at radius 1 is 1.09 bits per heavy atom. The van der Waals surface area contributed by atoms with Gasteiger partial charge in [0.2, 0.25) is 5.91 Å². The molecular weight excluding hydrogens is 288 g/mol. The topological polar surface area (TPSA) is 108 Å². The maximum atomic E-state index is 12.2. The molecule has 0 aromatic carbocycles. The van der Waals surface area contributed by atoms with Crippen LogP contribution in [0.1, 0.15) is 40.5 Å². The van der Waals surface area contributed by atoms with Crippen molar-refractivity contribution in [3.05, 3.63) is 0 Å². The van der Waals surface area contributed by atoms with Crippen LogP contribution in [0, 0.1) is 11.8 Å². The largest absolute Gasteiger partial charge is 0.479 e. The number of carbonyl (C=O) groups is 3. The highest BCUT2D eigenvalue weighted by Gasteiger charge is 2.51. The minimum absolute atomic E-state index is 0.219. The van der Waals surface area contributed by atoms with Crippen molar-refractivity contribution in [3.63, 3.8) is 0 Å². The number of epoxide rings is 1. The summed E-state index contributed by atoms with van der Waals surface area (Å²) in [6.07, 6.45) is -0.732. The van der Waals surface area contributed by atoms with Crippen LogP contribution in [0.4, 0.5) is 0 Å². The molecule has 22 heavy (non-hydrogen) atoms. The standard InChI is InChI=1S/C15H26N2O5/c1-8(2)5-6-16-13(18)10(7-9(3)4)17-14(19)11-12(22-11)15(20)21/h8-12H,5-7H2,1-4H3,(H,16,18)(H,17,19)(H,20,21)/t10?,11-,12-/m0/s1. The molecule has 0 spiro atoms. The van der Waals surface area contributed by atoms with E-state index in [0.29, 0.717) is 18.9 Å². The van der Waals surface area contributed by atoms with Crippen molar-refractivity contribution in [1.82, 2.24) is 10.6 Å². The lowest BCUT2D eigenvalue weighted by Crippen LogP contribution is -2.49. The van der Waals surface area contributed by atoms with Gasteiger partial charge in [-0.15, -0.1) is 0 Å². The quantitative estimate of drug-likeness (QED) is 0.538. The number of ether oxygens (including phenoxy) is 1. The van der Waals surface area contributed by atoms with Crippen molar-refractivity contribution in [2.24, 2.45) is 11.8 Å². The summed E-state index contributed by atoms with van der Waals surface area (Å²) < 4.78 is 4.80. The van der Waals surface area contributed by atoms with Gasteiger partial charge in [0, 0.05) is 6.54 Å². The molecule has 1 aliphatic rings. The Hall–Kier alpha value is -1.63. The minimum atomic E-state index is -1.16. The molecule has 0 saturated carbocycles. The van der Waals surface area contributed by atoms with Gasteiger partial charge in [0.25, 0.3) is 5.91 Å². The molecular formula is C15H26N2O5. The van der Waals surface area contributed by atoms with Crippen molar-refractivity contribution in [2.45, 2.75) is 58.8 Å². The molecule has 3 N–H and O–H groups in total. The fraction of sp³-hybridized carbons (Fsp3) is 0.800. The molecule has 1 rings (SSSR count). The Kier molecular flexibility index (Phi) is 6.80. The fourth-order valence-electron chi connectivity index (χ4n) is 2.06. The van der Waals surface area contributed by atoms with Gasteiger partial charge in [0.1, 0.15) is 6.04 Å². The number of carbonyl (C=O) groups excluding carboxylic acids is 2. The van der Waals surface area contributed by atoms with Crippen LogP contribution in [0.5, 0.6) is 0 Å². The first kappa shape index (κ1) is 18.4. The lowest BCUT2D eigenvalue weighted by atomic mass is 10.0. The first-order chi connectivity index (χ1) is 10.2. The lowest BCUT2D eigenvalue weighted by molar-refractivity contribution is -0.138. The monoisotopic (exact) mass is 314 g/mol. The maximum Gasteiger partial charge on any atom is 0.336 e. The average molecular weight is 314 g/mol. The summed E-state index contributed by atoms with van der Waals surface area (Å²) in [6.45, 7) is 8.59. The summed E-state index contributed by atoms with van der Waals surface area (Å²) in [5, 5.41) is 14.1. The molecule has 1 heterocycles. The average Bonchev–Trinajstić information content (AvgIpc) is 3.16. The van der Waals surface area contributed by atoms with Gasteiger partial charge in [0.05, 0.1) is 0 Å². The highest BCUT2D eigenvalue weighted by Crippen LogP contribution is 2.22. The zero-order chi connectivity index (χ0) is 16.9. The van der Waals surface area contributed by atoms with Crippen LogP contribution in [-0.4, -0.2) is 47.7 Å². The zero-order valence-corrected chi connectivity index (χ0v) is 13.6. The molecule has 0 aromatic rings. The third-order valence-corrected chi connectivity index (χ3v) is 3.35. The number of hydrogen-bond acceptors (Lipinski definition) is 4. The fourth-order valence-corrected chi connectivity index (χ4v) is 2.06. The third kappa shape index (κ3) is 6.01. The number of amides is 2. The summed E-state index contributed by atoms with van der Waals surface area (Å²) in [5.41, 5.74) is 0. The SMILES string of the molecule is CC(C)CCNC(=O)C(CC(C)C)NC(=O)[C@H]1O[C@@H]1C(=O)O. The molecule has 1 unspecified atom stereocenters. The van der Waals surface area contributed by atoms with E-state index in [1.54, 1.807) is 0 Å². The number of hydrogen-bond donors (Lipinski definition) is 3. The van der Waals surface area contributed by atoms with E-state index in [2.05, 4.69) is 24.5 Å². The van der Waals surface area contributed by atoms with Crippen LogP contribution in [0.15, 0.2) is 0 Å². The van der Waals surface area contributed by atoms with E-state index in [4.69, 9.17) is 9.84 Å². The summed E-state index contributed by atoms with van der Waals surface area (Å²) in [5.74, 6) is -1.25. The number of carboxylic acids is 1. The highest BCUT2D eigenvalue weighted by molar-refractivity contribution is 5.95. The van der Waals surface area contributed by atoms with Crippen molar-refractivity contribution >= 4 is 17.8 Å². The molecule has 1 aliphatic heterocycles. The van der Waals surface area contributed by atoms with E-state index in [0.717, 1.165) is 6.42 Å². The molecule has 1 saturated heterocycles. The number of nitrogens with one attached hydrogen (secondary N) is 2. The Morgan fingerprint density at radius 2 is 1.73 bits per heavy atom. The molecule has 0 bridgehead atoms. The number of carboxylic acid groups (broad SMARTS) is 1. The van der Waals surface area contributed by atoms with Crippen molar-refractivity contribution in [2.75, 3.05) is 6.54 Å². The molecule has 7 nitrogen and oxygen atoms in total. The first-order valence-electron chi connectivity index (χ1n) is 7.68. The minimum Gasteiger partial charge on any atom is -0.479 e. The number of aliphatic carboxylic acids is 1. The molecule has 0 radical (unpaired) electrons. The van der Waals surface area contributed by atoms with Crippen LogP contribution in [0.25, 0.3) is 0 Å². The third-order valence-electron chi connectivity index (χ3n) is 3.35. The molecule has 0 aromatic heterocycles. The van der Waals surface area contributed by atoms with E-state index >= 15 is 0 Å². The van der Waals surface area contributed by atoms with Gasteiger partial charge in [0.15, 0.2) is 12.2 Å². The van der Waals surface area contributed by atoms with Crippen LogP contribution >= 0.6 is 0 Å². The Morgan fingerprint density at radius 3 is 2.18 bits per heavy atom. The smallest absolute Gasteiger partial charge is 0.336 e. The van der Waals surface area contributed by atoms with Crippen LogP contribution < -0.4 is 10.6 Å². The Bertz CT molecular complexity index is 422. The summed E-state index contributed by atoms with van der Waals surface area (Å²) in [7, 11) is 0. The van der Waals surface area contributed by atoms with E-state index in [1.807, 2.05) is 13.8 Å². The second kappa shape index (κ2) is 8.12. The van der Waals surface area contributed by atoms with Gasteiger partial charge >= 0.3 is 5.97 Å². The van der Waals surface area contributed by atoms with Gasteiger partial charge in [-0.1, -0.05) is 27.7 Å². The maximum absolute atomic E-state index is 12.2. The molecule has 126 valence electrons. The predicted molar refractivity (Wildman–Crippen MR) is 80.1 cm³/mol. The molecule has 2 amide bonds. The highest BCUT2D eigenvalue weighted by atomic mass is 16.6. The zero-order valence-electron chi connectivity index (χ0n) is 13.6. The summed E-state index contributed by atoms with van der Waals surface area (Å²) in [4.78, 5) is 34.8. The van der Waals surface area contributed by atoms with Crippen molar-refractivity contribution < 1.29 is 24.2 Å². The Labute approximate surface area is 130 Å². The van der Waals surface area contributed by atoms with E-state index in [1.165, 1.54) is 0 Å². The Balaban J connectivity index is 2.51. The van der Waals surface area contributed by atoms with Crippen LogP contribution in [0.3, 0.4) is 0 Å². The number of rotatable bonds is 9. The summed E-state index contributed by atoms with van der Waals surface area (Å²) >= 11 is 0. The second-order valence-corrected chi connectivity index (χ2v) is 6.48. The first-order valence-corrected chi connectivity index (χ1v) is 7.68. The van der Waals surface area contributed by atoms with Crippen LogP contribution in [0.2, 0.25) is 0 Å². The van der Waals surface area contributed by atoms with Gasteiger partial charge in [-0.25, -0.2) is 4.79 Å². The van der Waals surface area contributed by atoms with Gasteiger partial charge in [-0.3, -0.25) is 9.59 Å². The van der Waals surface area contributed by atoms with Gasteiger partial charge < -0.3 is 20.5 Å². The van der Waals surface area contributed by atoms with Gasteiger partial charge in [-0.05, 0) is 24.7 Å². The van der Waals surface area contributed by atoms with E-state index in [-0.39, 0.29) is 11.8 Å². The van der Waals surface area contributed by atoms with E-state index < -0.39 is 30.1 Å². The summed E-state index contributed by atoms with van der Waals surface area (Å²) in [6, 6.07) is -0.668. The normalized spacial score (nSPS) is 21.5. The predicted octanol–water partition coefficient (Wildman–Crippen LogP) is 0.532. The van der Waals surface area contributed by atoms with E-state index in [9.17, 15) is 14.4 Å². The van der Waals surface area contributed by atoms with Gasteiger partial charge in [-0.2, -0.15) is 0 Å².